The molecule has 3 aromatic carbocycles. The molecular weight excluding hydrogens is 496 g/mol. The maximum absolute atomic E-state index is 12.6. The standard InChI is InChI=1S/C30H28N4O5/c1-36-24-15-21(16-25(37-2)29(24)38-3)28-27(19-9-5-4-6-10-19)30(34-33-28)39-18-26(35)31-14-13-20-17-32-23-12-8-7-11-22(20)23/h4-17,32H,18H2,1-3H3,(H,31,35)(H,33,34). The third-order valence-corrected chi connectivity index (χ3v) is 6.22. The number of fused-ring (bicyclic) bond motifs is 1. The van der Waals surface area contributed by atoms with Gasteiger partial charge in [-0.1, -0.05) is 48.5 Å². The number of methoxy groups -OCH3 is 3. The molecule has 0 atom stereocenters. The van der Waals surface area contributed by atoms with Crippen molar-refractivity contribution in [2.45, 2.75) is 0 Å². The predicted molar refractivity (Wildman–Crippen MR) is 150 cm³/mol. The van der Waals surface area contributed by atoms with E-state index in [1.54, 1.807) is 27.5 Å². The van der Waals surface area contributed by atoms with Gasteiger partial charge in [-0.2, -0.15) is 0 Å². The van der Waals surface area contributed by atoms with Crippen LogP contribution in [-0.4, -0.2) is 49.0 Å². The number of ether oxygens (including phenoxy) is 4. The van der Waals surface area contributed by atoms with E-state index in [2.05, 4.69) is 20.5 Å². The summed E-state index contributed by atoms with van der Waals surface area (Å²) in [6, 6.07) is 21.3. The first-order chi connectivity index (χ1) is 19.1. The Morgan fingerprint density at radius 2 is 1.64 bits per heavy atom. The SMILES string of the molecule is COc1cc(-c2[nH]nc(OCC(=O)NC=Cc3c[nH]c4ccccc34)c2-c2ccccc2)cc(OC)c1OC. The number of para-hydroxylation sites is 1. The number of benzene rings is 3. The number of amides is 1. The van der Waals surface area contributed by atoms with E-state index in [0.717, 1.165) is 27.6 Å². The lowest BCUT2D eigenvalue weighted by Crippen LogP contribution is -2.24. The Kier molecular flexibility index (Phi) is 7.49. The van der Waals surface area contributed by atoms with E-state index < -0.39 is 0 Å². The quantitative estimate of drug-likeness (QED) is 0.225. The maximum Gasteiger partial charge on any atom is 0.261 e. The highest BCUT2D eigenvalue weighted by molar-refractivity contribution is 5.89. The fraction of sp³-hybridized carbons (Fsp3) is 0.133. The average Bonchev–Trinajstić information content (AvgIpc) is 3.60. The highest BCUT2D eigenvalue weighted by Gasteiger charge is 2.22. The molecule has 1 amide bonds. The second kappa shape index (κ2) is 11.5. The van der Waals surface area contributed by atoms with E-state index in [1.807, 2.05) is 79.0 Å². The van der Waals surface area contributed by atoms with Gasteiger partial charge in [-0.25, -0.2) is 0 Å². The minimum atomic E-state index is -0.317. The Balaban J connectivity index is 1.38. The lowest BCUT2D eigenvalue weighted by molar-refractivity contribution is -0.122. The molecule has 198 valence electrons. The third-order valence-electron chi connectivity index (χ3n) is 6.22. The smallest absolute Gasteiger partial charge is 0.261 e. The fourth-order valence-corrected chi connectivity index (χ4v) is 4.37. The van der Waals surface area contributed by atoms with Gasteiger partial charge in [0.1, 0.15) is 0 Å². The number of hydrogen-bond acceptors (Lipinski definition) is 6. The number of aromatic amines is 2. The monoisotopic (exact) mass is 524 g/mol. The van der Waals surface area contributed by atoms with Gasteiger partial charge in [-0.3, -0.25) is 9.89 Å². The molecule has 9 heteroatoms. The average molecular weight is 525 g/mol. The highest BCUT2D eigenvalue weighted by atomic mass is 16.5. The molecule has 5 aromatic rings. The molecule has 3 N–H and O–H groups in total. The van der Waals surface area contributed by atoms with Crippen LogP contribution in [0.25, 0.3) is 39.4 Å². The molecule has 0 radical (unpaired) electrons. The minimum absolute atomic E-state index is 0.225. The zero-order chi connectivity index (χ0) is 27.2. The summed E-state index contributed by atoms with van der Waals surface area (Å²) in [5, 5.41) is 11.3. The van der Waals surface area contributed by atoms with Crippen molar-refractivity contribution >= 4 is 22.9 Å². The molecule has 0 aliphatic rings. The lowest BCUT2D eigenvalue weighted by Gasteiger charge is -2.14. The molecule has 0 aliphatic heterocycles. The molecule has 2 heterocycles. The zero-order valence-electron chi connectivity index (χ0n) is 21.8. The summed E-state index contributed by atoms with van der Waals surface area (Å²) >= 11 is 0. The van der Waals surface area contributed by atoms with Crippen LogP contribution in [0.2, 0.25) is 0 Å². The molecule has 39 heavy (non-hydrogen) atoms. The number of nitrogens with one attached hydrogen (secondary N) is 3. The van der Waals surface area contributed by atoms with Crippen molar-refractivity contribution < 1.29 is 23.7 Å². The van der Waals surface area contributed by atoms with Crippen LogP contribution in [0.1, 0.15) is 5.56 Å². The van der Waals surface area contributed by atoms with Crippen LogP contribution in [0.4, 0.5) is 0 Å². The van der Waals surface area contributed by atoms with E-state index >= 15 is 0 Å². The van der Waals surface area contributed by atoms with Crippen molar-refractivity contribution in [3.05, 3.63) is 84.7 Å². The zero-order valence-corrected chi connectivity index (χ0v) is 21.8. The molecule has 0 bridgehead atoms. The molecule has 0 fully saturated rings. The van der Waals surface area contributed by atoms with Gasteiger partial charge in [0.2, 0.25) is 11.6 Å². The van der Waals surface area contributed by atoms with Crippen LogP contribution in [0.15, 0.2) is 79.1 Å². The Hall–Kier alpha value is -5.18. The number of H-pyrrole nitrogens is 2. The summed E-state index contributed by atoms with van der Waals surface area (Å²) in [5.74, 6) is 1.47. The molecule has 0 spiro atoms. The van der Waals surface area contributed by atoms with Crippen molar-refractivity contribution in [1.29, 1.82) is 0 Å². The van der Waals surface area contributed by atoms with E-state index in [4.69, 9.17) is 18.9 Å². The maximum atomic E-state index is 12.6. The largest absolute Gasteiger partial charge is 0.493 e. The summed E-state index contributed by atoms with van der Waals surface area (Å²) in [6.07, 6.45) is 5.33. The topological polar surface area (TPSA) is 110 Å². The van der Waals surface area contributed by atoms with Gasteiger partial charge in [0.05, 0.1) is 32.6 Å². The first kappa shape index (κ1) is 25.5. The van der Waals surface area contributed by atoms with Gasteiger partial charge in [-0.05, 0) is 29.8 Å². The van der Waals surface area contributed by atoms with Gasteiger partial charge in [0, 0.05) is 34.4 Å². The van der Waals surface area contributed by atoms with E-state index in [0.29, 0.717) is 34.4 Å². The van der Waals surface area contributed by atoms with Crippen LogP contribution < -0.4 is 24.3 Å². The molecule has 5 rings (SSSR count). The number of aromatic nitrogens is 3. The Morgan fingerprint density at radius 1 is 0.923 bits per heavy atom. The number of carbonyl (C=O) groups is 1. The van der Waals surface area contributed by atoms with Crippen LogP contribution in [0, 0.1) is 0 Å². The Morgan fingerprint density at radius 3 is 2.36 bits per heavy atom. The Bertz CT molecular complexity index is 1600. The summed E-state index contributed by atoms with van der Waals surface area (Å²) < 4.78 is 22.4. The van der Waals surface area contributed by atoms with Crippen molar-refractivity contribution in [2.24, 2.45) is 0 Å². The molecule has 9 nitrogen and oxygen atoms in total. The van der Waals surface area contributed by atoms with Crippen LogP contribution in [0.3, 0.4) is 0 Å². The van der Waals surface area contributed by atoms with Gasteiger partial charge >= 0.3 is 0 Å². The van der Waals surface area contributed by atoms with E-state index in [9.17, 15) is 4.79 Å². The highest BCUT2D eigenvalue weighted by Crippen LogP contribution is 2.44. The number of hydrogen-bond donors (Lipinski definition) is 3. The molecular formula is C30H28N4O5. The molecule has 0 saturated heterocycles. The molecule has 0 unspecified atom stereocenters. The minimum Gasteiger partial charge on any atom is -0.493 e. The number of nitrogens with zero attached hydrogens (tertiary/aromatic N) is 1. The van der Waals surface area contributed by atoms with Gasteiger partial charge in [-0.15, -0.1) is 5.10 Å². The summed E-state index contributed by atoms with van der Waals surface area (Å²) in [4.78, 5) is 15.8. The van der Waals surface area contributed by atoms with Crippen molar-refractivity contribution in [3.63, 3.8) is 0 Å². The van der Waals surface area contributed by atoms with Gasteiger partial charge in [0.25, 0.3) is 5.91 Å². The second-order valence-electron chi connectivity index (χ2n) is 8.54. The first-order valence-electron chi connectivity index (χ1n) is 12.2. The molecule has 0 saturated carbocycles. The molecule has 0 aliphatic carbocycles. The third kappa shape index (κ3) is 5.28. The van der Waals surface area contributed by atoms with Crippen molar-refractivity contribution in [2.75, 3.05) is 27.9 Å². The fourth-order valence-electron chi connectivity index (χ4n) is 4.37. The normalized spacial score (nSPS) is 11.1. The summed E-state index contributed by atoms with van der Waals surface area (Å²) in [7, 11) is 4.68. The lowest BCUT2D eigenvalue weighted by atomic mass is 10.0. The van der Waals surface area contributed by atoms with Gasteiger partial charge in [0.15, 0.2) is 18.1 Å². The summed E-state index contributed by atoms with van der Waals surface area (Å²) in [5.41, 5.74) is 4.99. The first-order valence-corrected chi connectivity index (χ1v) is 12.2. The van der Waals surface area contributed by atoms with Crippen LogP contribution in [0.5, 0.6) is 23.1 Å². The molecule has 2 aromatic heterocycles. The van der Waals surface area contributed by atoms with Crippen LogP contribution >= 0.6 is 0 Å². The second-order valence-corrected chi connectivity index (χ2v) is 8.54. The van der Waals surface area contributed by atoms with Crippen LogP contribution in [-0.2, 0) is 4.79 Å². The van der Waals surface area contributed by atoms with E-state index in [1.165, 1.54) is 0 Å². The van der Waals surface area contributed by atoms with Crippen molar-refractivity contribution in [3.8, 4) is 45.5 Å². The van der Waals surface area contributed by atoms with Crippen molar-refractivity contribution in [1.82, 2.24) is 20.5 Å². The number of carbonyl (C=O) groups excluding carboxylic acids is 1. The van der Waals surface area contributed by atoms with E-state index in [-0.39, 0.29) is 12.5 Å². The Labute approximate surface area is 225 Å². The summed E-state index contributed by atoms with van der Waals surface area (Å²) in [6.45, 7) is -0.225. The number of rotatable bonds is 10. The van der Waals surface area contributed by atoms with Gasteiger partial charge < -0.3 is 29.2 Å². The predicted octanol–water partition coefficient (Wildman–Crippen LogP) is 5.42.